The van der Waals surface area contributed by atoms with Gasteiger partial charge in [0.1, 0.15) is 22.7 Å². The predicted octanol–water partition coefficient (Wildman–Crippen LogP) is 5.07. The molecule has 0 saturated heterocycles. The highest BCUT2D eigenvalue weighted by Gasteiger charge is 2.43. The minimum Gasteiger partial charge on any atom is -0.494 e. The molecule has 3 aromatic heterocycles. The lowest BCUT2D eigenvalue weighted by atomic mass is 9.71. The lowest BCUT2D eigenvalue weighted by Gasteiger charge is -2.39. The number of aromatic amines is 1. The van der Waals surface area contributed by atoms with Gasteiger partial charge in [-0.1, -0.05) is 6.92 Å². The van der Waals surface area contributed by atoms with Gasteiger partial charge in [-0.05, 0) is 51.2 Å². The maximum atomic E-state index is 13.4. The molecule has 2 N–H and O–H groups in total. The predicted molar refractivity (Wildman–Crippen MR) is 136 cm³/mol. The minimum absolute atomic E-state index is 0.184. The molecule has 0 radical (unpaired) electrons. The van der Waals surface area contributed by atoms with E-state index < -0.39 is 0 Å². The molecule has 3 heterocycles. The van der Waals surface area contributed by atoms with Gasteiger partial charge in [-0.3, -0.25) is 9.89 Å². The first-order valence-electron chi connectivity index (χ1n) is 11.7. The molecular formula is C25H30N6O2S. The topological polar surface area (TPSA) is 96.0 Å². The normalized spacial score (nSPS) is 17.8. The van der Waals surface area contributed by atoms with E-state index in [9.17, 15) is 4.79 Å². The molecule has 4 aromatic rings. The molecule has 1 atom stereocenters. The number of rotatable bonds is 6. The minimum atomic E-state index is -0.358. The number of ether oxygens (including phenoxy) is 1. The summed E-state index contributed by atoms with van der Waals surface area (Å²) in [4.78, 5) is 26.7. The second-order valence-electron chi connectivity index (χ2n) is 9.36. The first-order chi connectivity index (χ1) is 16.4. The molecule has 34 heavy (non-hydrogen) atoms. The Morgan fingerprint density at radius 1 is 1.35 bits per heavy atom. The van der Waals surface area contributed by atoms with Gasteiger partial charge < -0.3 is 15.0 Å². The molecular weight excluding hydrogens is 448 g/mol. The molecule has 0 spiro atoms. The molecule has 0 unspecified atom stereocenters. The molecule has 0 bridgehead atoms. The van der Waals surface area contributed by atoms with Gasteiger partial charge in [-0.2, -0.15) is 5.10 Å². The van der Waals surface area contributed by atoms with Gasteiger partial charge in [0.2, 0.25) is 5.91 Å². The molecule has 1 amide bonds. The number of hydrogen-bond donors (Lipinski definition) is 2. The second kappa shape index (κ2) is 8.54. The van der Waals surface area contributed by atoms with Crippen LogP contribution in [0.25, 0.3) is 21.1 Å². The van der Waals surface area contributed by atoms with E-state index in [0.717, 1.165) is 58.3 Å². The Kier molecular flexibility index (Phi) is 5.67. The average Bonchev–Trinajstić information content (AvgIpc) is 3.45. The monoisotopic (exact) mass is 478 g/mol. The quantitative estimate of drug-likeness (QED) is 0.402. The smallest absolute Gasteiger partial charge is 0.229 e. The molecule has 0 aliphatic heterocycles. The largest absolute Gasteiger partial charge is 0.494 e. The number of benzene rings is 1. The molecule has 178 valence electrons. The van der Waals surface area contributed by atoms with Gasteiger partial charge in [0.25, 0.3) is 0 Å². The summed E-state index contributed by atoms with van der Waals surface area (Å²) < 4.78 is 5.62. The zero-order valence-electron chi connectivity index (χ0n) is 20.2. The van der Waals surface area contributed by atoms with Crippen molar-refractivity contribution in [3.05, 3.63) is 35.1 Å². The Balaban J connectivity index is 1.54. The fraction of sp³-hybridized carbons (Fsp3) is 0.440. The summed E-state index contributed by atoms with van der Waals surface area (Å²) in [5.74, 6) is 1.72. The number of H-pyrrole nitrogens is 1. The fourth-order valence-corrected chi connectivity index (χ4v) is 6.24. The van der Waals surface area contributed by atoms with Crippen molar-refractivity contribution in [1.82, 2.24) is 25.1 Å². The Morgan fingerprint density at radius 3 is 2.91 bits per heavy atom. The third-order valence-corrected chi connectivity index (χ3v) is 8.40. The number of carbonyl (C=O) groups excluding carboxylic acids is 1. The average molecular weight is 479 g/mol. The molecule has 0 saturated carbocycles. The van der Waals surface area contributed by atoms with Crippen molar-refractivity contribution in [3.63, 3.8) is 0 Å². The number of hydrogen-bond acceptors (Lipinski definition) is 7. The molecule has 1 aliphatic rings. The zero-order valence-corrected chi connectivity index (χ0v) is 21.0. The first kappa shape index (κ1) is 22.6. The van der Waals surface area contributed by atoms with Crippen LogP contribution in [0.4, 0.5) is 11.5 Å². The summed E-state index contributed by atoms with van der Waals surface area (Å²) >= 11 is 1.69. The van der Waals surface area contributed by atoms with Crippen LogP contribution < -0.4 is 10.1 Å². The van der Waals surface area contributed by atoms with E-state index in [4.69, 9.17) is 4.74 Å². The highest BCUT2D eigenvalue weighted by atomic mass is 32.1. The Morgan fingerprint density at radius 2 is 2.18 bits per heavy atom. The number of nitrogens with zero attached hydrogens (tertiary/aromatic N) is 4. The third-order valence-electron chi connectivity index (χ3n) is 7.26. The van der Waals surface area contributed by atoms with Crippen LogP contribution in [-0.2, 0) is 17.6 Å². The van der Waals surface area contributed by atoms with E-state index >= 15 is 0 Å². The lowest BCUT2D eigenvalue weighted by molar-refractivity contribution is -0.143. The van der Waals surface area contributed by atoms with Gasteiger partial charge in [0.05, 0.1) is 35.3 Å². The number of nitrogens with one attached hydrogen (secondary N) is 2. The Bertz CT molecular complexity index is 1380. The zero-order chi connectivity index (χ0) is 24.0. The number of aromatic nitrogens is 4. The number of thiophene rings is 1. The van der Waals surface area contributed by atoms with Gasteiger partial charge >= 0.3 is 0 Å². The number of amides is 1. The number of carbonyl (C=O) groups is 1. The lowest BCUT2D eigenvalue weighted by Crippen LogP contribution is -2.47. The van der Waals surface area contributed by atoms with Crippen LogP contribution >= 0.6 is 11.3 Å². The van der Waals surface area contributed by atoms with Crippen molar-refractivity contribution < 1.29 is 9.53 Å². The summed E-state index contributed by atoms with van der Waals surface area (Å²) in [6.07, 6.45) is 6.63. The SMILES string of the molecule is CC[C@@]1(C(=O)N(C)C(C)C)CCc2c(sc3ncnc(Nc4cc5cn[nH]c5cc4OC)c23)C1. The van der Waals surface area contributed by atoms with Crippen molar-refractivity contribution >= 4 is 49.9 Å². The molecule has 1 aromatic carbocycles. The fourth-order valence-electron chi connectivity index (χ4n) is 4.91. The summed E-state index contributed by atoms with van der Waals surface area (Å²) in [7, 11) is 3.57. The van der Waals surface area contributed by atoms with Crippen LogP contribution in [0.15, 0.2) is 24.7 Å². The van der Waals surface area contributed by atoms with E-state index in [1.165, 1.54) is 10.4 Å². The summed E-state index contributed by atoms with van der Waals surface area (Å²) in [6, 6.07) is 4.12. The van der Waals surface area contributed by atoms with Crippen molar-refractivity contribution in [1.29, 1.82) is 0 Å². The molecule has 0 fully saturated rings. The highest BCUT2D eigenvalue weighted by molar-refractivity contribution is 7.19. The third kappa shape index (κ3) is 3.58. The standard InChI is InChI=1S/C25H30N6O2S/c1-6-25(24(32)31(4)14(2)3)8-7-16-20(11-25)34-23-21(16)22(26-13-27-23)29-18-9-15-12-28-30-17(15)10-19(18)33-5/h9-10,12-14H,6-8,11H2,1-5H3,(H,28,30)(H,26,27,29)/t25-/m1/s1. The first-order valence-corrected chi connectivity index (χ1v) is 12.5. The molecule has 1 aliphatic carbocycles. The summed E-state index contributed by atoms with van der Waals surface area (Å²) in [6.45, 7) is 6.27. The maximum absolute atomic E-state index is 13.4. The number of fused-ring (bicyclic) bond motifs is 4. The maximum Gasteiger partial charge on any atom is 0.229 e. The van der Waals surface area contributed by atoms with Crippen molar-refractivity contribution in [2.45, 2.75) is 52.5 Å². The summed E-state index contributed by atoms with van der Waals surface area (Å²) in [5, 5.41) is 12.6. The van der Waals surface area contributed by atoms with E-state index in [2.05, 4.69) is 46.3 Å². The Hall–Kier alpha value is -3.20. The van der Waals surface area contributed by atoms with Gasteiger partial charge in [0, 0.05) is 29.4 Å². The van der Waals surface area contributed by atoms with Gasteiger partial charge in [-0.25, -0.2) is 9.97 Å². The number of aryl methyl sites for hydroxylation is 1. The van der Waals surface area contributed by atoms with Crippen LogP contribution in [-0.4, -0.2) is 51.2 Å². The molecule has 5 rings (SSSR count). The van der Waals surface area contributed by atoms with E-state index in [-0.39, 0.29) is 17.4 Å². The van der Waals surface area contributed by atoms with Crippen LogP contribution in [0, 0.1) is 5.41 Å². The second-order valence-corrected chi connectivity index (χ2v) is 10.4. The van der Waals surface area contributed by atoms with E-state index in [1.54, 1.807) is 31.0 Å². The van der Waals surface area contributed by atoms with E-state index in [0.29, 0.717) is 5.75 Å². The Labute approximate surface area is 202 Å². The van der Waals surface area contributed by atoms with Gasteiger partial charge in [0.15, 0.2) is 0 Å². The van der Waals surface area contributed by atoms with E-state index in [1.807, 2.05) is 24.1 Å². The van der Waals surface area contributed by atoms with Crippen LogP contribution in [0.1, 0.15) is 44.1 Å². The molecule has 9 heteroatoms. The highest BCUT2D eigenvalue weighted by Crippen LogP contribution is 2.47. The van der Waals surface area contributed by atoms with Gasteiger partial charge in [-0.15, -0.1) is 11.3 Å². The van der Waals surface area contributed by atoms with Crippen LogP contribution in [0.5, 0.6) is 5.75 Å². The van der Waals surface area contributed by atoms with Crippen molar-refractivity contribution in [3.8, 4) is 5.75 Å². The number of anilines is 2. The summed E-state index contributed by atoms with van der Waals surface area (Å²) in [5.41, 5.74) is 2.64. The van der Waals surface area contributed by atoms with Crippen LogP contribution in [0.2, 0.25) is 0 Å². The molecule has 8 nitrogen and oxygen atoms in total. The van der Waals surface area contributed by atoms with Crippen molar-refractivity contribution in [2.75, 3.05) is 19.5 Å². The van der Waals surface area contributed by atoms with Crippen molar-refractivity contribution in [2.24, 2.45) is 5.41 Å². The van der Waals surface area contributed by atoms with Crippen LogP contribution in [0.3, 0.4) is 0 Å². The number of methoxy groups -OCH3 is 1.